The Hall–Kier alpha value is -4.58. The number of aromatic amines is 1. The van der Waals surface area contributed by atoms with Crippen molar-refractivity contribution >= 4 is 46.0 Å². The third-order valence-electron chi connectivity index (χ3n) is 7.07. The number of aromatic nitrogens is 1. The summed E-state index contributed by atoms with van der Waals surface area (Å²) in [5, 5.41) is 16.0. The predicted molar refractivity (Wildman–Crippen MR) is 144 cm³/mol. The van der Waals surface area contributed by atoms with Crippen molar-refractivity contribution in [3.05, 3.63) is 54.2 Å². The molecule has 3 aromatic rings. The zero-order chi connectivity index (χ0) is 28.1. The number of carbonyl (C=O) groups excluding carboxylic acids is 2. The second kappa shape index (κ2) is 11.9. The number of nitrogens with zero attached hydrogens (tertiary/aromatic N) is 3. The molecule has 1 unspecified atom stereocenters. The Kier molecular flexibility index (Phi) is 8.35. The fraction of sp³-hybridized carbons (Fsp3) is 0.333. The number of H-pyrrole nitrogens is 1. The largest absolute Gasteiger partial charge is 0.495 e. The molecule has 12 heteroatoms. The maximum absolute atomic E-state index is 12.4. The monoisotopic (exact) mass is 537 g/mol. The van der Waals surface area contributed by atoms with Crippen molar-refractivity contribution in [2.45, 2.75) is 12.3 Å². The van der Waals surface area contributed by atoms with Crippen molar-refractivity contribution in [1.82, 2.24) is 9.88 Å². The van der Waals surface area contributed by atoms with Crippen LogP contribution in [-0.4, -0.2) is 90.2 Å². The minimum Gasteiger partial charge on any atom is -0.495 e. The molecule has 3 heterocycles. The summed E-state index contributed by atoms with van der Waals surface area (Å²) in [6.07, 6.45) is 2.87. The van der Waals surface area contributed by atoms with Gasteiger partial charge in [-0.1, -0.05) is 12.1 Å². The first-order valence-corrected chi connectivity index (χ1v) is 12.5. The molecule has 2 aromatic carbocycles. The summed E-state index contributed by atoms with van der Waals surface area (Å²) >= 11 is 0. The number of carbonyl (C=O) groups is 4. The third-order valence-corrected chi connectivity index (χ3v) is 7.07. The smallest absolute Gasteiger partial charge is 0.414 e. The van der Waals surface area contributed by atoms with E-state index in [-0.39, 0.29) is 5.92 Å². The Bertz CT molecular complexity index is 1370. The average molecular weight is 538 g/mol. The second-order valence-electron chi connectivity index (χ2n) is 9.35. The van der Waals surface area contributed by atoms with Crippen LogP contribution in [0.1, 0.15) is 17.9 Å². The van der Waals surface area contributed by atoms with Gasteiger partial charge < -0.3 is 30.6 Å². The van der Waals surface area contributed by atoms with Crippen LogP contribution < -0.4 is 20.3 Å². The molecule has 1 fully saturated rings. The Morgan fingerprint density at radius 2 is 1.74 bits per heavy atom. The fourth-order valence-corrected chi connectivity index (χ4v) is 5.10. The Labute approximate surface area is 224 Å². The highest BCUT2D eigenvalue weighted by atomic mass is 16.5. The van der Waals surface area contributed by atoms with Crippen LogP contribution in [0.15, 0.2) is 48.7 Å². The number of benzene rings is 2. The number of hydrogen-bond donors (Lipinski definition) is 4. The summed E-state index contributed by atoms with van der Waals surface area (Å²) < 4.78 is 5.47. The van der Waals surface area contributed by atoms with E-state index in [0.29, 0.717) is 18.0 Å². The van der Waals surface area contributed by atoms with Crippen molar-refractivity contribution in [2.75, 3.05) is 56.2 Å². The molecule has 12 nitrogen and oxygen atoms in total. The number of para-hydroxylation sites is 1. The highest BCUT2D eigenvalue weighted by Gasteiger charge is 2.36. The third kappa shape index (κ3) is 6.12. The van der Waals surface area contributed by atoms with E-state index in [1.165, 1.54) is 16.0 Å². The molecule has 2 aliphatic heterocycles. The van der Waals surface area contributed by atoms with Gasteiger partial charge in [0.05, 0.1) is 12.8 Å². The van der Waals surface area contributed by atoms with Crippen molar-refractivity contribution < 1.29 is 34.1 Å². The molecule has 0 radical (unpaired) electrons. The van der Waals surface area contributed by atoms with E-state index < -0.39 is 23.8 Å². The standard InChI is InChI=1S/C25H29N5O3.C2H2O4/c1-33-22-4-2-3-20-18(16-30(23(20)22)25(32)24(26)31)8-10-28-11-13-29(14-12-28)19-5-6-21-17(15-19)7-9-27-21;3-1(4)2(5)6/h2-7,9,15,18,27H,8,10-14,16H2,1H3,(H2,26,31);(H,3,4)(H,5,6). The molecule has 2 amide bonds. The van der Waals surface area contributed by atoms with Gasteiger partial charge in [-0.25, -0.2) is 9.59 Å². The Morgan fingerprint density at radius 3 is 2.38 bits per heavy atom. The molecule has 1 saturated heterocycles. The van der Waals surface area contributed by atoms with Crippen LogP contribution in [0.5, 0.6) is 5.75 Å². The SMILES string of the molecule is COc1cccc2c1N(C(=O)C(N)=O)CC2CCN1CCN(c2ccc3[nH]ccc3c2)CC1.O=C(O)C(=O)O. The zero-order valence-electron chi connectivity index (χ0n) is 21.5. The molecule has 1 atom stereocenters. The highest BCUT2D eigenvalue weighted by molar-refractivity contribution is 6.40. The zero-order valence-corrected chi connectivity index (χ0v) is 21.5. The lowest BCUT2D eigenvalue weighted by atomic mass is 9.97. The fourth-order valence-electron chi connectivity index (χ4n) is 5.10. The van der Waals surface area contributed by atoms with E-state index in [9.17, 15) is 9.59 Å². The van der Waals surface area contributed by atoms with Crippen molar-refractivity contribution in [3.63, 3.8) is 0 Å². The normalized spacial score (nSPS) is 16.8. The quantitative estimate of drug-likeness (QED) is 0.352. The summed E-state index contributed by atoms with van der Waals surface area (Å²) in [6.45, 7) is 5.34. The number of rotatable bonds is 5. The van der Waals surface area contributed by atoms with Gasteiger partial charge in [0, 0.05) is 61.4 Å². The molecule has 0 spiro atoms. The first-order chi connectivity index (χ1) is 18.7. The number of aliphatic carboxylic acids is 2. The molecule has 0 saturated carbocycles. The minimum atomic E-state index is -1.82. The van der Waals surface area contributed by atoms with Gasteiger partial charge in [0.15, 0.2) is 0 Å². The van der Waals surface area contributed by atoms with Gasteiger partial charge in [-0.3, -0.25) is 19.4 Å². The maximum Gasteiger partial charge on any atom is 0.414 e. The highest BCUT2D eigenvalue weighted by Crippen LogP contribution is 2.44. The van der Waals surface area contributed by atoms with Gasteiger partial charge in [0.1, 0.15) is 5.75 Å². The molecule has 0 aliphatic carbocycles. The number of nitrogens with one attached hydrogen (secondary N) is 1. The van der Waals surface area contributed by atoms with Gasteiger partial charge >= 0.3 is 23.8 Å². The lowest BCUT2D eigenvalue weighted by Crippen LogP contribution is -2.47. The van der Waals surface area contributed by atoms with Gasteiger partial charge in [0.2, 0.25) is 0 Å². The van der Waals surface area contributed by atoms with E-state index in [0.717, 1.165) is 50.2 Å². The minimum absolute atomic E-state index is 0.146. The van der Waals surface area contributed by atoms with E-state index in [2.05, 4.69) is 39.0 Å². The molecule has 5 N–H and O–H groups in total. The van der Waals surface area contributed by atoms with Gasteiger partial charge in [-0.15, -0.1) is 0 Å². The molecule has 1 aromatic heterocycles. The number of carboxylic acid groups (broad SMARTS) is 2. The maximum atomic E-state index is 12.4. The molecular formula is C27H31N5O7. The van der Waals surface area contributed by atoms with Crippen molar-refractivity contribution in [2.24, 2.45) is 5.73 Å². The summed E-state index contributed by atoms with van der Waals surface area (Å²) in [4.78, 5) is 51.9. The van der Waals surface area contributed by atoms with Crippen LogP contribution in [-0.2, 0) is 19.2 Å². The summed E-state index contributed by atoms with van der Waals surface area (Å²) in [5.41, 5.74) is 9.45. The van der Waals surface area contributed by atoms with Crippen LogP contribution in [0.25, 0.3) is 10.9 Å². The van der Waals surface area contributed by atoms with Gasteiger partial charge in [-0.05, 0) is 48.9 Å². The lowest BCUT2D eigenvalue weighted by molar-refractivity contribution is -0.159. The topological polar surface area (TPSA) is 169 Å². The number of carboxylic acids is 2. The first kappa shape index (κ1) is 27.5. The molecular weight excluding hydrogens is 506 g/mol. The molecule has 2 aliphatic rings. The number of amides is 2. The first-order valence-electron chi connectivity index (χ1n) is 12.5. The number of fused-ring (bicyclic) bond motifs is 2. The van der Waals surface area contributed by atoms with E-state index >= 15 is 0 Å². The Morgan fingerprint density at radius 1 is 1.03 bits per heavy atom. The molecule has 0 bridgehead atoms. The molecule has 39 heavy (non-hydrogen) atoms. The van der Waals surface area contributed by atoms with Crippen LogP contribution in [0, 0.1) is 0 Å². The van der Waals surface area contributed by atoms with E-state index in [1.54, 1.807) is 7.11 Å². The van der Waals surface area contributed by atoms with Gasteiger partial charge in [-0.2, -0.15) is 0 Å². The van der Waals surface area contributed by atoms with Crippen LogP contribution >= 0.6 is 0 Å². The van der Waals surface area contributed by atoms with Crippen molar-refractivity contribution in [3.8, 4) is 5.75 Å². The van der Waals surface area contributed by atoms with E-state index in [4.69, 9.17) is 30.3 Å². The summed E-state index contributed by atoms with van der Waals surface area (Å²) in [7, 11) is 1.57. The van der Waals surface area contributed by atoms with Crippen LogP contribution in [0.4, 0.5) is 11.4 Å². The number of hydrogen-bond acceptors (Lipinski definition) is 7. The number of primary amides is 1. The number of methoxy groups -OCH3 is 1. The number of anilines is 2. The van der Waals surface area contributed by atoms with E-state index in [1.807, 2.05) is 24.4 Å². The molecule has 206 valence electrons. The number of nitrogens with two attached hydrogens (primary N) is 1. The summed E-state index contributed by atoms with van der Waals surface area (Å²) in [6, 6.07) is 14.4. The number of ether oxygens (including phenoxy) is 1. The van der Waals surface area contributed by atoms with Gasteiger partial charge in [0.25, 0.3) is 0 Å². The lowest BCUT2D eigenvalue weighted by Gasteiger charge is -2.36. The molecule has 5 rings (SSSR count). The average Bonchev–Trinajstić information content (AvgIpc) is 3.56. The number of piperazine rings is 1. The Balaban J connectivity index is 0.000000531. The predicted octanol–water partition coefficient (Wildman–Crippen LogP) is 1.46. The van der Waals surface area contributed by atoms with Crippen LogP contribution in [0.3, 0.4) is 0 Å². The van der Waals surface area contributed by atoms with Crippen molar-refractivity contribution in [1.29, 1.82) is 0 Å². The van der Waals surface area contributed by atoms with Crippen LogP contribution in [0.2, 0.25) is 0 Å². The summed E-state index contributed by atoms with van der Waals surface area (Å²) in [5.74, 6) is -4.53. The second-order valence-corrected chi connectivity index (χ2v) is 9.35.